The Morgan fingerprint density at radius 2 is 2.19 bits per heavy atom. The Morgan fingerprint density at radius 1 is 1.38 bits per heavy atom. The molecule has 0 spiro atoms. The summed E-state index contributed by atoms with van der Waals surface area (Å²) in [6.07, 6.45) is 2.37. The fourth-order valence-electron chi connectivity index (χ4n) is 2.92. The number of aromatic nitrogens is 1. The number of pyridine rings is 1. The molecule has 1 aliphatic heterocycles. The summed E-state index contributed by atoms with van der Waals surface area (Å²) in [4.78, 5) is 28.1. The van der Waals surface area contributed by atoms with E-state index < -0.39 is 11.7 Å². The van der Waals surface area contributed by atoms with Gasteiger partial charge in [-0.25, -0.2) is 4.39 Å². The van der Waals surface area contributed by atoms with Crippen LogP contribution in [0.25, 0.3) is 11.3 Å². The maximum atomic E-state index is 14.0. The van der Waals surface area contributed by atoms with Crippen molar-refractivity contribution >= 4 is 11.7 Å². The minimum absolute atomic E-state index is 0.193. The van der Waals surface area contributed by atoms with Gasteiger partial charge in [-0.2, -0.15) is 0 Å². The Kier molecular flexibility index (Phi) is 5.30. The molecular formula is C20H21FN2O3. The summed E-state index contributed by atoms with van der Waals surface area (Å²) in [6, 6.07) is 8.24. The van der Waals surface area contributed by atoms with Crippen molar-refractivity contribution in [3.8, 4) is 17.0 Å². The molecule has 1 aromatic heterocycles. The van der Waals surface area contributed by atoms with Gasteiger partial charge >= 0.3 is 0 Å². The van der Waals surface area contributed by atoms with Crippen molar-refractivity contribution in [3.63, 3.8) is 0 Å². The summed E-state index contributed by atoms with van der Waals surface area (Å²) in [5.41, 5.74) is 1.95. The second-order valence-electron chi connectivity index (χ2n) is 6.48. The van der Waals surface area contributed by atoms with E-state index in [-0.39, 0.29) is 24.4 Å². The second kappa shape index (κ2) is 7.64. The van der Waals surface area contributed by atoms with Gasteiger partial charge in [0.1, 0.15) is 17.7 Å². The van der Waals surface area contributed by atoms with Crippen molar-refractivity contribution < 1.29 is 18.7 Å². The number of carbonyl (C=O) groups excluding carboxylic acids is 2. The van der Waals surface area contributed by atoms with Gasteiger partial charge in [0.15, 0.2) is 0 Å². The lowest BCUT2D eigenvalue weighted by atomic mass is 10.0. The van der Waals surface area contributed by atoms with Crippen molar-refractivity contribution in [1.29, 1.82) is 0 Å². The van der Waals surface area contributed by atoms with Gasteiger partial charge in [-0.1, -0.05) is 19.9 Å². The quantitative estimate of drug-likeness (QED) is 0.808. The number of ketones is 1. The highest BCUT2D eigenvalue weighted by Gasteiger charge is 2.28. The zero-order valence-corrected chi connectivity index (χ0v) is 14.8. The molecule has 0 bridgehead atoms. The molecule has 1 N–H and O–H groups in total. The topological polar surface area (TPSA) is 68.3 Å². The Labute approximate surface area is 151 Å². The molecule has 1 aliphatic rings. The third kappa shape index (κ3) is 3.74. The summed E-state index contributed by atoms with van der Waals surface area (Å²) < 4.78 is 19.9. The van der Waals surface area contributed by atoms with Crippen molar-refractivity contribution in [2.45, 2.75) is 32.8 Å². The van der Waals surface area contributed by atoms with Crippen LogP contribution < -0.4 is 10.1 Å². The molecule has 0 unspecified atom stereocenters. The first-order valence-electron chi connectivity index (χ1n) is 8.72. The molecule has 0 radical (unpaired) electrons. The van der Waals surface area contributed by atoms with Gasteiger partial charge in [0, 0.05) is 29.7 Å². The van der Waals surface area contributed by atoms with E-state index in [1.165, 1.54) is 12.1 Å². The van der Waals surface area contributed by atoms with Gasteiger partial charge < -0.3 is 10.1 Å². The van der Waals surface area contributed by atoms with Crippen molar-refractivity contribution in [2.24, 2.45) is 5.92 Å². The third-order valence-corrected chi connectivity index (χ3v) is 4.58. The van der Waals surface area contributed by atoms with Crippen molar-refractivity contribution in [3.05, 3.63) is 47.9 Å². The molecule has 0 saturated carbocycles. The van der Waals surface area contributed by atoms with Gasteiger partial charge in [-0.15, -0.1) is 0 Å². The summed E-state index contributed by atoms with van der Waals surface area (Å²) >= 11 is 0. The number of rotatable bonds is 6. The summed E-state index contributed by atoms with van der Waals surface area (Å²) in [5.74, 6) is -1.11. The van der Waals surface area contributed by atoms with Crippen LogP contribution in [-0.2, 0) is 16.0 Å². The molecule has 2 atom stereocenters. The molecule has 2 heterocycles. The molecule has 136 valence electrons. The monoisotopic (exact) mass is 356 g/mol. The average Bonchev–Trinajstić information content (AvgIpc) is 3.07. The molecule has 1 amide bonds. The van der Waals surface area contributed by atoms with Crippen molar-refractivity contribution in [1.82, 2.24) is 10.3 Å². The maximum Gasteiger partial charge on any atom is 0.287 e. The van der Waals surface area contributed by atoms with Crippen molar-refractivity contribution in [2.75, 3.05) is 6.54 Å². The predicted molar refractivity (Wildman–Crippen MR) is 95.2 cm³/mol. The van der Waals surface area contributed by atoms with E-state index in [1.807, 2.05) is 13.0 Å². The number of nitrogens with zero attached hydrogens (tertiary/aromatic N) is 1. The molecule has 2 aromatic rings. The van der Waals surface area contributed by atoms with E-state index >= 15 is 0 Å². The molecular weight excluding hydrogens is 335 g/mol. The highest BCUT2D eigenvalue weighted by atomic mass is 19.1. The van der Waals surface area contributed by atoms with Gasteiger partial charge in [0.25, 0.3) is 5.91 Å². The number of halogens is 1. The molecule has 1 aromatic carbocycles. The Morgan fingerprint density at radius 3 is 2.88 bits per heavy atom. The Hall–Kier alpha value is -2.76. The van der Waals surface area contributed by atoms with Crippen LogP contribution in [0.15, 0.2) is 36.5 Å². The van der Waals surface area contributed by atoms with Gasteiger partial charge in [-0.3, -0.25) is 14.6 Å². The number of fused-ring (bicyclic) bond motifs is 1. The van der Waals surface area contributed by atoms with Gasteiger partial charge in [0.05, 0.1) is 12.2 Å². The number of benzene rings is 1. The van der Waals surface area contributed by atoms with Crippen LogP contribution in [0, 0.1) is 11.7 Å². The molecule has 26 heavy (non-hydrogen) atoms. The van der Waals surface area contributed by atoms with E-state index in [0.717, 1.165) is 5.56 Å². The number of hydrogen-bond donors (Lipinski definition) is 1. The lowest BCUT2D eigenvalue weighted by molar-refractivity contribution is -0.140. The van der Waals surface area contributed by atoms with Crippen LogP contribution in [0.1, 0.15) is 25.8 Å². The smallest absolute Gasteiger partial charge is 0.287 e. The lowest BCUT2D eigenvalue weighted by Gasteiger charge is -2.14. The Bertz CT molecular complexity index is 823. The predicted octanol–water partition coefficient (Wildman–Crippen LogP) is 2.92. The van der Waals surface area contributed by atoms with Crippen LogP contribution in [0.2, 0.25) is 0 Å². The van der Waals surface area contributed by atoms with Crippen LogP contribution in [0.3, 0.4) is 0 Å². The first kappa shape index (κ1) is 18.0. The summed E-state index contributed by atoms with van der Waals surface area (Å²) in [7, 11) is 0. The Balaban J connectivity index is 1.71. The number of amides is 1. The fourth-order valence-corrected chi connectivity index (χ4v) is 2.92. The van der Waals surface area contributed by atoms with E-state index in [9.17, 15) is 14.0 Å². The molecule has 3 rings (SSSR count). The maximum absolute atomic E-state index is 14.0. The largest absolute Gasteiger partial charge is 0.487 e. The molecule has 0 saturated heterocycles. The summed E-state index contributed by atoms with van der Waals surface area (Å²) in [6.45, 7) is 3.78. The van der Waals surface area contributed by atoms with E-state index in [0.29, 0.717) is 29.8 Å². The molecule has 6 heteroatoms. The number of carbonyl (C=O) groups is 2. The van der Waals surface area contributed by atoms with E-state index in [2.05, 4.69) is 10.3 Å². The number of hydrogen-bond acceptors (Lipinski definition) is 4. The van der Waals surface area contributed by atoms with E-state index in [4.69, 9.17) is 4.74 Å². The number of ether oxygens (including phenoxy) is 1. The number of nitrogens with one attached hydrogen (secondary N) is 1. The van der Waals surface area contributed by atoms with Gasteiger partial charge in [-0.05, 0) is 30.7 Å². The SMILES string of the molecule is CC[C@@H](C)C(=O)C(=O)NC[C@@H]1Cc2cc(F)cc(-c3ccccn3)c2O1. The minimum Gasteiger partial charge on any atom is -0.487 e. The molecule has 0 fully saturated rings. The second-order valence-corrected chi connectivity index (χ2v) is 6.48. The lowest BCUT2D eigenvalue weighted by Crippen LogP contribution is -2.40. The molecule has 5 nitrogen and oxygen atoms in total. The van der Waals surface area contributed by atoms with Crippen LogP contribution in [-0.4, -0.2) is 29.3 Å². The van der Waals surface area contributed by atoms with Crippen LogP contribution >= 0.6 is 0 Å². The standard InChI is InChI=1S/C20H21FN2O3/c1-3-12(2)18(24)20(25)23-11-15-9-13-8-14(21)10-16(19(13)26-15)17-6-4-5-7-22-17/h4-8,10,12,15H,3,9,11H2,1-2H3,(H,23,25)/t12-,15+/m1/s1. The molecule has 0 aliphatic carbocycles. The van der Waals surface area contributed by atoms with Crippen LogP contribution in [0.5, 0.6) is 5.75 Å². The zero-order valence-electron chi connectivity index (χ0n) is 14.8. The van der Waals surface area contributed by atoms with Crippen LogP contribution in [0.4, 0.5) is 4.39 Å². The number of Topliss-reactive ketones (excluding diaryl/α,β-unsaturated/α-hetero) is 1. The first-order valence-corrected chi connectivity index (χ1v) is 8.72. The third-order valence-electron chi connectivity index (χ3n) is 4.58. The summed E-state index contributed by atoms with van der Waals surface area (Å²) in [5, 5.41) is 2.63. The fraction of sp³-hybridized carbons (Fsp3) is 0.350. The highest BCUT2D eigenvalue weighted by molar-refractivity contribution is 6.36. The zero-order chi connectivity index (χ0) is 18.7. The normalized spacial score (nSPS) is 16.5. The minimum atomic E-state index is -0.602. The highest BCUT2D eigenvalue weighted by Crippen LogP contribution is 2.38. The van der Waals surface area contributed by atoms with E-state index in [1.54, 1.807) is 25.3 Å². The van der Waals surface area contributed by atoms with Gasteiger partial charge in [0.2, 0.25) is 5.78 Å². The first-order chi connectivity index (χ1) is 12.5. The average molecular weight is 356 g/mol.